The molecule has 0 aromatic heterocycles. The van der Waals surface area contributed by atoms with E-state index in [2.05, 4.69) is 6.92 Å². The quantitative estimate of drug-likeness (QED) is 0.472. The second kappa shape index (κ2) is 2.46. The van der Waals surface area contributed by atoms with E-state index in [0.717, 1.165) is 19.3 Å². The molecular weight excluding hydrogens is 156 g/mol. The highest BCUT2D eigenvalue weighted by Crippen LogP contribution is 2.47. The van der Waals surface area contributed by atoms with Gasteiger partial charge in [-0.2, -0.15) is 0 Å². The van der Waals surface area contributed by atoms with Crippen LogP contribution in [0.4, 0.5) is 0 Å². The minimum Gasteiger partial charge on any atom is -0.457 e. The second-order valence-electron chi connectivity index (χ2n) is 3.73. The first-order valence-corrected chi connectivity index (χ1v) is 4.57. The Morgan fingerprint density at radius 3 is 2.75 bits per heavy atom. The van der Waals surface area contributed by atoms with Crippen LogP contribution >= 0.6 is 0 Å². The molecular formula is C9H14O3. The average molecular weight is 170 g/mol. The Kier molecular flexibility index (Phi) is 1.65. The molecule has 2 aliphatic rings. The molecule has 0 N–H and O–H groups in total. The molecule has 2 heterocycles. The van der Waals surface area contributed by atoms with E-state index in [0.29, 0.717) is 0 Å². The highest BCUT2D eigenvalue weighted by Gasteiger charge is 2.69. The van der Waals surface area contributed by atoms with Crippen molar-refractivity contribution in [2.45, 2.75) is 50.9 Å². The molecule has 2 saturated heterocycles. The largest absolute Gasteiger partial charge is 0.457 e. The van der Waals surface area contributed by atoms with E-state index in [4.69, 9.17) is 9.47 Å². The first kappa shape index (κ1) is 8.05. The Hall–Kier alpha value is -0.570. The summed E-state index contributed by atoms with van der Waals surface area (Å²) in [6, 6.07) is 0. The summed E-state index contributed by atoms with van der Waals surface area (Å²) >= 11 is 0. The predicted molar refractivity (Wildman–Crippen MR) is 42.7 cm³/mol. The molecule has 0 saturated carbocycles. The minimum atomic E-state index is -0.571. The number of ether oxygens (including phenoxy) is 2. The Bertz CT molecular complexity index is 214. The normalized spacial score (nSPS) is 44.0. The second-order valence-corrected chi connectivity index (χ2v) is 3.73. The van der Waals surface area contributed by atoms with Gasteiger partial charge >= 0.3 is 5.97 Å². The van der Waals surface area contributed by atoms with Gasteiger partial charge in [-0.15, -0.1) is 0 Å². The number of esters is 1. The summed E-state index contributed by atoms with van der Waals surface area (Å²) in [5.41, 5.74) is -0.571. The zero-order valence-corrected chi connectivity index (χ0v) is 7.50. The van der Waals surface area contributed by atoms with Crippen LogP contribution < -0.4 is 0 Å². The Morgan fingerprint density at radius 2 is 2.33 bits per heavy atom. The third-order valence-corrected chi connectivity index (χ3v) is 2.70. The third kappa shape index (κ3) is 0.959. The molecule has 0 amide bonds. The van der Waals surface area contributed by atoms with Crippen molar-refractivity contribution in [1.29, 1.82) is 0 Å². The van der Waals surface area contributed by atoms with E-state index >= 15 is 0 Å². The summed E-state index contributed by atoms with van der Waals surface area (Å²) in [5.74, 6) is -0.173. The number of carbonyl (C=O) groups excluding carboxylic acids is 1. The van der Waals surface area contributed by atoms with Crippen molar-refractivity contribution in [3.05, 3.63) is 0 Å². The van der Waals surface area contributed by atoms with Crippen LogP contribution in [-0.2, 0) is 14.3 Å². The topological polar surface area (TPSA) is 38.8 Å². The van der Waals surface area contributed by atoms with Gasteiger partial charge in [0.15, 0.2) is 5.60 Å². The molecule has 68 valence electrons. The Labute approximate surface area is 72.0 Å². The van der Waals surface area contributed by atoms with Crippen molar-refractivity contribution in [3.63, 3.8) is 0 Å². The molecule has 12 heavy (non-hydrogen) atoms. The van der Waals surface area contributed by atoms with Gasteiger partial charge in [-0.25, -0.2) is 4.79 Å². The van der Waals surface area contributed by atoms with E-state index in [-0.39, 0.29) is 18.2 Å². The van der Waals surface area contributed by atoms with E-state index in [1.54, 1.807) is 0 Å². The molecule has 3 nitrogen and oxygen atoms in total. The fraction of sp³-hybridized carbons (Fsp3) is 0.889. The lowest BCUT2D eigenvalue weighted by atomic mass is 10.0. The van der Waals surface area contributed by atoms with Crippen LogP contribution in [0.5, 0.6) is 0 Å². The zero-order chi connectivity index (χ0) is 8.77. The molecule has 0 bridgehead atoms. The molecule has 0 unspecified atom stereocenters. The van der Waals surface area contributed by atoms with Gasteiger partial charge in [0.2, 0.25) is 0 Å². The maximum absolute atomic E-state index is 11.2. The summed E-state index contributed by atoms with van der Waals surface area (Å²) in [7, 11) is 0. The summed E-state index contributed by atoms with van der Waals surface area (Å²) in [4.78, 5) is 11.2. The lowest BCUT2D eigenvalue weighted by molar-refractivity contribution is -0.153. The summed E-state index contributed by atoms with van der Waals surface area (Å²) in [6.07, 6.45) is 3.27. The molecule has 0 radical (unpaired) electrons. The van der Waals surface area contributed by atoms with Gasteiger partial charge in [0.1, 0.15) is 12.2 Å². The Morgan fingerprint density at radius 1 is 1.58 bits per heavy atom. The number of cyclic esters (lactones) is 1. The Balaban J connectivity index is 1.92. The molecule has 3 heteroatoms. The summed E-state index contributed by atoms with van der Waals surface area (Å²) < 4.78 is 10.5. The average Bonchev–Trinajstić information content (AvgIpc) is 2.66. The molecule has 0 aromatic rings. The van der Waals surface area contributed by atoms with Gasteiger partial charge in [0.25, 0.3) is 0 Å². The van der Waals surface area contributed by atoms with Crippen LogP contribution in [0.25, 0.3) is 0 Å². The van der Waals surface area contributed by atoms with Crippen molar-refractivity contribution in [2.24, 2.45) is 0 Å². The predicted octanol–water partition coefficient (Wildman–Crippen LogP) is 1.26. The van der Waals surface area contributed by atoms with Gasteiger partial charge in [-0.3, -0.25) is 0 Å². The highest BCUT2D eigenvalue weighted by atomic mass is 16.7. The standard InChI is InChI=1S/C9H14O3/c1-3-4-5-6-7-9(2,12-7)8(10)11-6/h6-7H,3-5H2,1-2H3/t6-,7-,9-/m1/s1. The van der Waals surface area contributed by atoms with Crippen LogP contribution in [0.1, 0.15) is 33.1 Å². The number of hydrogen-bond acceptors (Lipinski definition) is 3. The molecule has 2 aliphatic heterocycles. The van der Waals surface area contributed by atoms with Gasteiger partial charge in [0.05, 0.1) is 0 Å². The number of epoxide rings is 1. The third-order valence-electron chi connectivity index (χ3n) is 2.70. The summed E-state index contributed by atoms with van der Waals surface area (Å²) in [6.45, 7) is 3.94. The van der Waals surface area contributed by atoms with Crippen molar-refractivity contribution in [1.82, 2.24) is 0 Å². The van der Waals surface area contributed by atoms with Gasteiger partial charge in [-0.05, 0) is 19.8 Å². The fourth-order valence-electron chi connectivity index (χ4n) is 1.76. The number of fused-ring (bicyclic) bond motifs is 1. The van der Waals surface area contributed by atoms with Crippen LogP contribution in [0.2, 0.25) is 0 Å². The molecule has 3 atom stereocenters. The maximum atomic E-state index is 11.2. The number of unbranched alkanes of at least 4 members (excludes halogenated alkanes) is 1. The van der Waals surface area contributed by atoms with Gasteiger partial charge in [-0.1, -0.05) is 13.3 Å². The zero-order valence-electron chi connectivity index (χ0n) is 7.50. The first-order valence-electron chi connectivity index (χ1n) is 4.57. The monoisotopic (exact) mass is 170 g/mol. The van der Waals surface area contributed by atoms with Crippen LogP contribution in [0.3, 0.4) is 0 Å². The number of rotatable bonds is 3. The SMILES string of the molecule is CCCC[C@H]1OC(=O)[C@]2(C)O[C@H]12. The van der Waals surface area contributed by atoms with E-state index in [1.807, 2.05) is 6.92 Å². The molecule has 0 spiro atoms. The first-order chi connectivity index (χ1) is 5.68. The molecule has 2 fully saturated rings. The minimum absolute atomic E-state index is 0.0300. The lowest BCUT2D eigenvalue weighted by Gasteiger charge is -2.09. The molecule has 0 aromatic carbocycles. The van der Waals surface area contributed by atoms with Crippen LogP contribution in [0.15, 0.2) is 0 Å². The smallest absolute Gasteiger partial charge is 0.341 e. The molecule has 0 aliphatic carbocycles. The molecule has 2 rings (SSSR count). The van der Waals surface area contributed by atoms with Crippen LogP contribution in [-0.4, -0.2) is 23.8 Å². The van der Waals surface area contributed by atoms with Crippen LogP contribution in [0, 0.1) is 0 Å². The number of hydrogen-bond donors (Lipinski definition) is 0. The fourth-order valence-corrected chi connectivity index (χ4v) is 1.76. The van der Waals surface area contributed by atoms with Crippen molar-refractivity contribution < 1.29 is 14.3 Å². The van der Waals surface area contributed by atoms with Crippen molar-refractivity contribution in [2.75, 3.05) is 0 Å². The van der Waals surface area contributed by atoms with Crippen molar-refractivity contribution in [3.8, 4) is 0 Å². The van der Waals surface area contributed by atoms with Gasteiger partial charge < -0.3 is 9.47 Å². The van der Waals surface area contributed by atoms with Crippen molar-refractivity contribution >= 4 is 5.97 Å². The summed E-state index contributed by atoms with van der Waals surface area (Å²) in [5, 5.41) is 0. The number of carbonyl (C=O) groups is 1. The maximum Gasteiger partial charge on any atom is 0.341 e. The van der Waals surface area contributed by atoms with E-state index in [1.165, 1.54) is 0 Å². The van der Waals surface area contributed by atoms with Gasteiger partial charge in [0, 0.05) is 0 Å². The lowest BCUT2D eigenvalue weighted by Crippen LogP contribution is -2.18. The highest BCUT2D eigenvalue weighted by molar-refractivity contribution is 5.85. The van der Waals surface area contributed by atoms with E-state index < -0.39 is 5.60 Å². The van der Waals surface area contributed by atoms with E-state index in [9.17, 15) is 4.79 Å².